The van der Waals surface area contributed by atoms with Crippen molar-refractivity contribution in [3.63, 3.8) is 0 Å². The van der Waals surface area contributed by atoms with Crippen LogP contribution in [-0.2, 0) is 0 Å². The molecular weight excluding hydrogens is 218 g/mol. The van der Waals surface area contributed by atoms with Crippen molar-refractivity contribution in [2.45, 2.75) is 31.4 Å². The highest BCUT2D eigenvalue weighted by Crippen LogP contribution is 2.29. The maximum atomic E-state index is 10.1. The Morgan fingerprint density at radius 2 is 2.56 bits per heavy atom. The van der Waals surface area contributed by atoms with Gasteiger partial charge in [0.25, 0.3) is 0 Å². The molecule has 0 saturated carbocycles. The van der Waals surface area contributed by atoms with E-state index in [4.69, 9.17) is 0 Å². The van der Waals surface area contributed by atoms with Crippen molar-refractivity contribution in [1.29, 1.82) is 0 Å². The smallest absolute Gasteiger partial charge is 0.0896 e. The van der Waals surface area contributed by atoms with E-state index < -0.39 is 0 Å². The van der Waals surface area contributed by atoms with Crippen LogP contribution in [0.3, 0.4) is 0 Å². The Hall–Kier alpha value is -0.640. The van der Waals surface area contributed by atoms with Crippen LogP contribution >= 0.6 is 11.3 Å². The largest absolute Gasteiger partial charge is 0.388 e. The molecular formula is C13H19NOS. The molecule has 1 aliphatic rings. The second-order valence-corrected chi connectivity index (χ2v) is 5.33. The summed E-state index contributed by atoms with van der Waals surface area (Å²) in [6, 6.07) is 4.54. The van der Waals surface area contributed by atoms with Crippen LogP contribution in [0.4, 0.5) is 0 Å². The molecule has 16 heavy (non-hydrogen) atoms. The third-order valence-electron chi connectivity index (χ3n) is 3.23. The molecule has 2 atom stereocenters. The van der Waals surface area contributed by atoms with Crippen LogP contribution in [0, 0.1) is 0 Å². The van der Waals surface area contributed by atoms with Crippen molar-refractivity contribution in [1.82, 2.24) is 4.90 Å². The van der Waals surface area contributed by atoms with E-state index in [1.54, 1.807) is 11.3 Å². The van der Waals surface area contributed by atoms with Crippen LogP contribution < -0.4 is 0 Å². The fourth-order valence-corrected chi connectivity index (χ4v) is 3.15. The van der Waals surface area contributed by atoms with Crippen molar-refractivity contribution < 1.29 is 5.11 Å². The lowest BCUT2D eigenvalue weighted by Crippen LogP contribution is -2.30. The summed E-state index contributed by atoms with van der Waals surface area (Å²) >= 11 is 1.64. The Labute approximate surface area is 101 Å². The first-order valence-corrected chi connectivity index (χ1v) is 6.75. The van der Waals surface area contributed by atoms with E-state index in [1.165, 1.54) is 12.8 Å². The van der Waals surface area contributed by atoms with Gasteiger partial charge in [-0.3, -0.25) is 4.90 Å². The zero-order chi connectivity index (χ0) is 11.4. The van der Waals surface area contributed by atoms with Gasteiger partial charge in [-0.2, -0.15) is 0 Å². The Bertz CT molecular complexity index is 323. The van der Waals surface area contributed by atoms with E-state index in [9.17, 15) is 5.11 Å². The molecule has 1 N–H and O–H groups in total. The topological polar surface area (TPSA) is 23.5 Å². The number of aliphatic hydroxyl groups excluding tert-OH is 1. The first-order chi connectivity index (χ1) is 7.81. The van der Waals surface area contributed by atoms with Crippen molar-refractivity contribution in [2.75, 3.05) is 13.1 Å². The summed E-state index contributed by atoms with van der Waals surface area (Å²) in [5, 5.41) is 12.1. The molecule has 1 fully saturated rings. The molecule has 0 aromatic carbocycles. The third-order valence-corrected chi connectivity index (χ3v) is 4.20. The highest BCUT2D eigenvalue weighted by Gasteiger charge is 2.26. The van der Waals surface area contributed by atoms with E-state index >= 15 is 0 Å². The molecule has 0 spiro atoms. The number of hydrogen-bond donors (Lipinski definition) is 1. The Balaban J connectivity index is 1.91. The fraction of sp³-hybridized carbons (Fsp3) is 0.538. The number of nitrogens with zero attached hydrogens (tertiary/aromatic N) is 1. The molecule has 1 aromatic rings. The average molecular weight is 237 g/mol. The fourth-order valence-electron chi connectivity index (χ4n) is 2.42. The van der Waals surface area contributed by atoms with Crippen LogP contribution in [0.2, 0.25) is 0 Å². The predicted molar refractivity (Wildman–Crippen MR) is 68.7 cm³/mol. The van der Waals surface area contributed by atoms with Crippen molar-refractivity contribution in [3.8, 4) is 0 Å². The second kappa shape index (κ2) is 5.62. The Morgan fingerprint density at radius 1 is 1.69 bits per heavy atom. The van der Waals surface area contributed by atoms with E-state index in [0.29, 0.717) is 6.04 Å². The second-order valence-electron chi connectivity index (χ2n) is 4.35. The lowest BCUT2D eigenvalue weighted by atomic mass is 10.1. The summed E-state index contributed by atoms with van der Waals surface area (Å²) in [6.07, 6.45) is 4.96. The minimum atomic E-state index is -0.296. The highest BCUT2D eigenvalue weighted by atomic mass is 32.1. The minimum absolute atomic E-state index is 0.296. The SMILES string of the molecule is C=CCN1CCCC1CC(O)c1cccs1. The maximum Gasteiger partial charge on any atom is 0.0896 e. The lowest BCUT2D eigenvalue weighted by molar-refractivity contribution is 0.128. The highest BCUT2D eigenvalue weighted by molar-refractivity contribution is 7.10. The van der Waals surface area contributed by atoms with Crippen LogP contribution in [0.25, 0.3) is 0 Å². The van der Waals surface area contributed by atoms with Gasteiger partial charge in [0.2, 0.25) is 0 Å². The first kappa shape index (κ1) is 11.8. The third kappa shape index (κ3) is 2.73. The van der Waals surface area contributed by atoms with Crippen molar-refractivity contribution in [2.24, 2.45) is 0 Å². The quantitative estimate of drug-likeness (QED) is 0.796. The zero-order valence-corrected chi connectivity index (χ0v) is 10.3. The number of likely N-dealkylation sites (tertiary alicyclic amines) is 1. The Kier molecular flexibility index (Phi) is 4.16. The molecule has 1 saturated heterocycles. The Morgan fingerprint density at radius 3 is 3.25 bits per heavy atom. The molecule has 0 bridgehead atoms. The van der Waals surface area contributed by atoms with Crippen LogP contribution in [-0.4, -0.2) is 29.1 Å². The average Bonchev–Trinajstić information content (AvgIpc) is 2.90. The summed E-state index contributed by atoms with van der Waals surface area (Å²) < 4.78 is 0. The molecule has 1 aromatic heterocycles. The van der Waals surface area contributed by atoms with Gasteiger partial charge in [0, 0.05) is 17.5 Å². The van der Waals surface area contributed by atoms with Gasteiger partial charge in [0.1, 0.15) is 0 Å². The minimum Gasteiger partial charge on any atom is -0.388 e. The van der Waals surface area contributed by atoms with Gasteiger partial charge in [-0.15, -0.1) is 17.9 Å². The van der Waals surface area contributed by atoms with Gasteiger partial charge in [-0.05, 0) is 37.3 Å². The number of aliphatic hydroxyl groups is 1. The molecule has 0 aliphatic carbocycles. The van der Waals surface area contributed by atoms with Gasteiger partial charge in [-0.25, -0.2) is 0 Å². The van der Waals surface area contributed by atoms with E-state index in [2.05, 4.69) is 11.5 Å². The van der Waals surface area contributed by atoms with Gasteiger partial charge < -0.3 is 5.11 Å². The van der Waals surface area contributed by atoms with Gasteiger partial charge in [0.15, 0.2) is 0 Å². The maximum absolute atomic E-state index is 10.1. The van der Waals surface area contributed by atoms with E-state index in [1.807, 2.05) is 23.6 Å². The molecule has 88 valence electrons. The molecule has 2 rings (SSSR count). The summed E-state index contributed by atoms with van der Waals surface area (Å²) in [5.74, 6) is 0. The van der Waals surface area contributed by atoms with Crippen LogP contribution in [0.1, 0.15) is 30.2 Å². The molecule has 3 heteroatoms. The normalized spacial score (nSPS) is 23.4. The molecule has 2 heterocycles. The summed E-state index contributed by atoms with van der Waals surface area (Å²) in [4.78, 5) is 3.51. The monoisotopic (exact) mass is 237 g/mol. The summed E-state index contributed by atoms with van der Waals surface area (Å²) in [5.41, 5.74) is 0. The lowest BCUT2D eigenvalue weighted by Gasteiger charge is -2.24. The van der Waals surface area contributed by atoms with E-state index in [0.717, 1.165) is 24.4 Å². The molecule has 2 unspecified atom stereocenters. The number of rotatable bonds is 5. The van der Waals surface area contributed by atoms with Crippen molar-refractivity contribution >= 4 is 11.3 Å². The number of hydrogen-bond acceptors (Lipinski definition) is 3. The molecule has 2 nitrogen and oxygen atoms in total. The molecule has 0 amide bonds. The zero-order valence-electron chi connectivity index (χ0n) is 9.51. The summed E-state index contributed by atoms with van der Waals surface area (Å²) in [7, 11) is 0. The van der Waals surface area contributed by atoms with Gasteiger partial charge >= 0.3 is 0 Å². The van der Waals surface area contributed by atoms with Gasteiger partial charge in [-0.1, -0.05) is 12.1 Å². The molecule has 1 aliphatic heterocycles. The molecule has 0 radical (unpaired) electrons. The first-order valence-electron chi connectivity index (χ1n) is 5.87. The standard InChI is InChI=1S/C13H19NOS/c1-2-7-14-8-3-5-11(14)10-12(15)13-6-4-9-16-13/h2,4,6,9,11-12,15H,1,3,5,7-8,10H2. The van der Waals surface area contributed by atoms with Crippen molar-refractivity contribution in [3.05, 3.63) is 35.0 Å². The van der Waals surface area contributed by atoms with Crippen LogP contribution in [0.15, 0.2) is 30.2 Å². The predicted octanol–water partition coefficient (Wildman–Crippen LogP) is 2.82. The summed E-state index contributed by atoms with van der Waals surface area (Å²) in [6.45, 7) is 5.88. The van der Waals surface area contributed by atoms with Crippen LogP contribution in [0.5, 0.6) is 0 Å². The van der Waals surface area contributed by atoms with E-state index in [-0.39, 0.29) is 6.10 Å². The van der Waals surface area contributed by atoms with Gasteiger partial charge in [0.05, 0.1) is 6.10 Å². The number of thiophene rings is 1.